The molecule has 44 heavy (non-hydrogen) atoms. The second kappa shape index (κ2) is 14.9. The predicted octanol–water partition coefficient (Wildman–Crippen LogP) is 4.14. The maximum atomic E-state index is 13.6. The molecule has 1 aliphatic carbocycles. The summed E-state index contributed by atoms with van der Waals surface area (Å²) in [5.74, 6) is -0.279. The van der Waals surface area contributed by atoms with Crippen molar-refractivity contribution in [2.24, 2.45) is 23.3 Å². The van der Waals surface area contributed by atoms with Gasteiger partial charge in [-0.1, -0.05) is 35.9 Å². The Morgan fingerprint density at radius 2 is 1.73 bits per heavy atom. The normalized spacial score (nSPS) is 16.8. The molecule has 0 unspecified atom stereocenters. The first-order valence-electron chi connectivity index (χ1n) is 14.1. The standard InChI is InChI=1S/C31H33ClN8O3.ClH/c32-26-13-10-23(28(34)41)16-25(26)22-3-1-2-19(14-22)15-27(36-30(42)21-6-4-18(17-33)5-7-21)31(43)35-24-11-8-20(9-12-24)29-37-39-40-38-29;/h1-3,8-14,16,18,21,27H,4-7,15,17,33H2,(H2,34,41)(H,35,43)(H,36,42)(H,37,38,39,40);1H/t18-,21-,27-;/m0./s1. The average molecular weight is 638 g/mol. The van der Waals surface area contributed by atoms with Gasteiger partial charge < -0.3 is 22.1 Å². The molecule has 13 heteroatoms. The smallest absolute Gasteiger partial charge is 0.248 e. The summed E-state index contributed by atoms with van der Waals surface area (Å²) in [4.78, 5) is 38.7. The van der Waals surface area contributed by atoms with Crippen LogP contribution < -0.4 is 22.1 Å². The fourth-order valence-electron chi connectivity index (χ4n) is 5.38. The van der Waals surface area contributed by atoms with Gasteiger partial charge in [-0.3, -0.25) is 14.4 Å². The van der Waals surface area contributed by atoms with Crippen LogP contribution in [0.2, 0.25) is 5.02 Å². The Labute approximate surface area is 265 Å². The van der Waals surface area contributed by atoms with Crippen LogP contribution in [-0.4, -0.2) is 50.9 Å². The van der Waals surface area contributed by atoms with Gasteiger partial charge in [0.05, 0.1) is 0 Å². The van der Waals surface area contributed by atoms with E-state index in [1.165, 1.54) is 0 Å². The molecule has 0 bridgehead atoms. The number of hydrogen-bond acceptors (Lipinski definition) is 7. The highest BCUT2D eigenvalue weighted by Gasteiger charge is 2.29. The molecular weight excluding hydrogens is 603 g/mol. The molecule has 0 spiro atoms. The van der Waals surface area contributed by atoms with Gasteiger partial charge in [0.1, 0.15) is 6.04 Å². The molecule has 1 fully saturated rings. The van der Waals surface area contributed by atoms with E-state index >= 15 is 0 Å². The summed E-state index contributed by atoms with van der Waals surface area (Å²) in [6.45, 7) is 0.619. The van der Waals surface area contributed by atoms with Crippen LogP contribution in [0.5, 0.6) is 0 Å². The average Bonchev–Trinajstić information content (AvgIpc) is 3.56. The quantitative estimate of drug-likeness (QED) is 0.173. The van der Waals surface area contributed by atoms with Gasteiger partial charge in [-0.15, -0.1) is 17.5 Å². The second-order valence-corrected chi connectivity index (χ2v) is 11.2. The fourth-order valence-corrected chi connectivity index (χ4v) is 5.61. The Morgan fingerprint density at radius 1 is 0.977 bits per heavy atom. The Morgan fingerprint density at radius 3 is 2.39 bits per heavy atom. The molecule has 1 aliphatic rings. The zero-order valence-electron chi connectivity index (χ0n) is 23.8. The van der Waals surface area contributed by atoms with Crippen molar-refractivity contribution in [2.75, 3.05) is 11.9 Å². The van der Waals surface area contributed by atoms with Crippen molar-refractivity contribution >= 4 is 47.4 Å². The lowest BCUT2D eigenvalue weighted by Gasteiger charge is -2.28. The molecule has 230 valence electrons. The first-order valence-corrected chi connectivity index (χ1v) is 14.5. The number of nitrogens with one attached hydrogen (secondary N) is 3. The third-order valence-electron chi connectivity index (χ3n) is 7.88. The number of benzene rings is 3. The van der Waals surface area contributed by atoms with Crippen molar-refractivity contribution < 1.29 is 14.4 Å². The summed E-state index contributed by atoms with van der Waals surface area (Å²) in [6.07, 6.45) is 3.50. The van der Waals surface area contributed by atoms with Crippen molar-refractivity contribution in [1.82, 2.24) is 25.9 Å². The Bertz CT molecular complexity index is 1590. The van der Waals surface area contributed by atoms with Gasteiger partial charge in [0.2, 0.25) is 17.7 Å². The summed E-state index contributed by atoms with van der Waals surface area (Å²) < 4.78 is 0. The summed E-state index contributed by atoms with van der Waals surface area (Å²) in [5, 5.41) is 20.2. The number of carbonyl (C=O) groups excluding carboxylic acids is 3. The van der Waals surface area contributed by atoms with E-state index in [0.717, 1.165) is 42.4 Å². The van der Waals surface area contributed by atoms with Crippen LogP contribution in [0, 0.1) is 11.8 Å². The van der Waals surface area contributed by atoms with Gasteiger partial charge >= 0.3 is 0 Å². The molecule has 1 saturated carbocycles. The van der Waals surface area contributed by atoms with Gasteiger partial charge in [0.15, 0.2) is 5.82 Å². The molecule has 3 aromatic carbocycles. The molecule has 3 amide bonds. The van der Waals surface area contributed by atoms with Crippen molar-refractivity contribution in [3.05, 3.63) is 82.9 Å². The SMILES string of the molecule is Cl.NC[C@H]1CC[C@H](C(=O)N[C@@H](Cc2cccc(-c3cc(C(N)=O)ccc3Cl)c2)C(=O)Nc2ccc(-c3nnn[nH]3)cc2)CC1. The number of nitrogens with zero attached hydrogens (tertiary/aromatic N) is 3. The highest BCUT2D eigenvalue weighted by atomic mass is 35.5. The molecular formula is C31H34Cl2N8O3. The number of halogens is 2. The number of amides is 3. The maximum Gasteiger partial charge on any atom is 0.248 e. The summed E-state index contributed by atoms with van der Waals surface area (Å²) >= 11 is 6.46. The first kappa shape index (κ1) is 32.6. The number of nitrogens with two attached hydrogens (primary N) is 2. The molecule has 0 saturated heterocycles. The number of hydrogen-bond donors (Lipinski definition) is 5. The Kier molecular flexibility index (Phi) is 11.0. The lowest BCUT2D eigenvalue weighted by atomic mass is 9.81. The largest absolute Gasteiger partial charge is 0.366 e. The van der Waals surface area contributed by atoms with E-state index in [1.807, 2.05) is 24.3 Å². The first-order chi connectivity index (χ1) is 20.8. The van der Waals surface area contributed by atoms with Crippen LogP contribution >= 0.6 is 24.0 Å². The number of rotatable bonds is 10. The minimum absolute atomic E-state index is 0. The predicted molar refractivity (Wildman–Crippen MR) is 171 cm³/mol. The van der Waals surface area contributed by atoms with E-state index in [0.29, 0.717) is 40.1 Å². The number of H-pyrrole nitrogens is 1. The third kappa shape index (κ3) is 7.98. The van der Waals surface area contributed by atoms with Gasteiger partial charge in [-0.25, -0.2) is 5.10 Å². The molecule has 1 atom stereocenters. The van der Waals surface area contributed by atoms with E-state index in [2.05, 4.69) is 31.3 Å². The number of aromatic amines is 1. The highest BCUT2D eigenvalue weighted by molar-refractivity contribution is 6.33. The molecule has 0 radical (unpaired) electrons. The number of tetrazole rings is 1. The summed E-state index contributed by atoms with van der Waals surface area (Å²) in [7, 11) is 0. The zero-order chi connectivity index (χ0) is 30.3. The van der Waals surface area contributed by atoms with Crippen LogP contribution in [0.1, 0.15) is 41.6 Å². The minimum atomic E-state index is -0.847. The lowest BCUT2D eigenvalue weighted by molar-refractivity contribution is -0.130. The van der Waals surface area contributed by atoms with E-state index in [4.69, 9.17) is 23.1 Å². The van der Waals surface area contributed by atoms with Crippen LogP contribution in [0.4, 0.5) is 5.69 Å². The zero-order valence-corrected chi connectivity index (χ0v) is 25.4. The summed E-state index contributed by atoms with van der Waals surface area (Å²) in [6, 6.07) is 18.6. The number of aromatic nitrogens is 4. The third-order valence-corrected chi connectivity index (χ3v) is 8.21. The number of anilines is 1. The van der Waals surface area contributed by atoms with Gasteiger partial charge in [0.25, 0.3) is 0 Å². The van der Waals surface area contributed by atoms with E-state index < -0.39 is 11.9 Å². The summed E-state index contributed by atoms with van der Waals surface area (Å²) in [5.41, 5.74) is 15.2. The number of primary amides is 1. The molecule has 11 nitrogen and oxygen atoms in total. The van der Waals surface area contributed by atoms with E-state index in [-0.39, 0.29) is 36.6 Å². The molecule has 1 aromatic heterocycles. The van der Waals surface area contributed by atoms with Gasteiger partial charge in [-0.05, 0) is 102 Å². The van der Waals surface area contributed by atoms with Crippen LogP contribution in [0.3, 0.4) is 0 Å². The van der Waals surface area contributed by atoms with Crippen LogP contribution in [0.25, 0.3) is 22.5 Å². The van der Waals surface area contributed by atoms with Crippen molar-refractivity contribution in [3.63, 3.8) is 0 Å². The highest BCUT2D eigenvalue weighted by Crippen LogP contribution is 2.31. The van der Waals surface area contributed by atoms with E-state index in [1.54, 1.807) is 42.5 Å². The van der Waals surface area contributed by atoms with Crippen LogP contribution in [0.15, 0.2) is 66.7 Å². The molecule has 0 aliphatic heterocycles. The monoisotopic (exact) mass is 636 g/mol. The molecule has 4 aromatic rings. The topological polar surface area (TPSA) is 182 Å². The lowest BCUT2D eigenvalue weighted by Crippen LogP contribution is -2.48. The fraction of sp³-hybridized carbons (Fsp3) is 0.290. The minimum Gasteiger partial charge on any atom is -0.366 e. The maximum absolute atomic E-state index is 13.6. The molecule has 7 N–H and O–H groups in total. The second-order valence-electron chi connectivity index (χ2n) is 10.8. The van der Waals surface area contributed by atoms with E-state index in [9.17, 15) is 14.4 Å². The van der Waals surface area contributed by atoms with Crippen molar-refractivity contribution in [1.29, 1.82) is 0 Å². The Hall–Kier alpha value is -4.32. The number of carbonyl (C=O) groups is 3. The van der Waals surface area contributed by atoms with Crippen molar-refractivity contribution in [2.45, 2.75) is 38.1 Å². The van der Waals surface area contributed by atoms with Crippen molar-refractivity contribution in [3.8, 4) is 22.5 Å². The Balaban J connectivity index is 0.00000442. The van der Waals surface area contributed by atoms with Gasteiger partial charge in [-0.2, -0.15) is 0 Å². The van der Waals surface area contributed by atoms with Crippen LogP contribution in [-0.2, 0) is 16.0 Å². The molecule has 5 rings (SSSR count). The van der Waals surface area contributed by atoms with Gasteiger partial charge in [0, 0.05) is 39.7 Å². The molecule has 1 heterocycles.